The number of halogens is 1. The molecular formula is C12H19ClN2O. The van der Waals surface area contributed by atoms with E-state index in [1.807, 2.05) is 44.2 Å². The zero-order valence-electron chi connectivity index (χ0n) is 9.72. The van der Waals surface area contributed by atoms with Crippen molar-refractivity contribution in [2.24, 2.45) is 5.73 Å². The van der Waals surface area contributed by atoms with Crippen LogP contribution in [-0.4, -0.2) is 23.9 Å². The molecule has 0 fully saturated rings. The van der Waals surface area contributed by atoms with E-state index in [2.05, 4.69) is 0 Å². The van der Waals surface area contributed by atoms with Crippen LogP contribution in [0.1, 0.15) is 25.5 Å². The van der Waals surface area contributed by atoms with Crippen LogP contribution in [0.2, 0.25) is 0 Å². The van der Waals surface area contributed by atoms with Crippen molar-refractivity contribution < 1.29 is 4.79 Å². The largest absolute Gasteiger partial charge is 0.342 e. The molecule has 16 heavy (non-hydrogen) atoms. The van der Waals surface area contributed by atoms with Gasteiger partial charge in [-0.25, -0.2) is 0 Å². The maximum Gasteiger partial charge on any atom is 0.244 e. The van der Waals surface area contributed by atoms with Crippen molar-refractivity contribution in [1.82, 2.24) is 4.90 Å². The molecule has 0 bridgehead atoms. The predicted octanol–water partition coefficient (Wildman–Crippen LogP) is 1.98. The van der Waals surface area contributed by atoms with E-state index >= 15 is 0 Å². The van der Waals surface area contributed by atoms with Crippen molar-refractivity contribution in [2.45, 2.75) is 19.9 Å². The SMILES string of the molecule is CCN(CC)C(=O)[C@@H](N)c1ccccc1.Cl. The average Bonchev–Trinajstić information content (AvgIpc) is 2.30. The number of nitrogens with zero attached hydrogens (tertiary/aromatic N) is 1. The van der Waals surface area contributed by atoms with Gasteiger partial charge in [-0.05, 0) is 19.4 Å². The van der Waals surface area contributed by atoms with Gasteiger partial charge in [0.25, 0.3) is 0 Å². The summed E-state index contributed by atoms with van der Waals surface area (Å²) in [6.45, 7) is 5.32. The molecule has 1 aromatic rings. The third-order valence-corrected chi connectivity index (χ3v) is 2.50. The van der Waals surface area contributed by atoms with E-state index in [9.17, 15) is 4.79 Å². The van der Waals surface area contributed by atoms with Gasteiger partial charge in [0.05, 0.1) is 0 Å². The lowest BCUT2D eigenvalue weighted by Crippen LogP contribution is -2.38. The van der Waals surface area contributed by atoms with Crippen LogP contribution in [-0.2, 0) is 4.79 Å². The number of benzene rings is 1. The molecule has 1 atom stereocenters. The highest BCUT2D eigenvalue weighted by molar-refractivity contribution is 5.85. The minimum atomic E-state index is -0.536. The van der Waals surface area contributed by atoms with Gasteiger partial charge < -0.3 is 10.6 Å². The molecule has 0 aliphatic carbocycles. The van der Waals surface area contributed by atoms with Crippen molar-refractivity contribution in [2.75, 3.05) is 13.1 Å². The predicted molar refractivity (Wildman–Crippen MR) is 68.5 cm³/mol. The molecule has 1 rings (SSSR count). The Balaban J connectivity index is 0.00000225. The van der Waals surface area contributed by atoms with E-state index in [1.54, 1.807) is 4.90 Å². The number of nitrogens with two attached hydrogens (primary N) is 1. The van der Waals surface area contributed by atoms with E-state index in [-0.39, 0.29) is 18.3 Å². The summed E-state index contributed by atoms with van der Waals surface area (Å²) in [6, 6.07) is 8.93. The lowest BCUT2D eigenvalue weighted by molar-refractivity contribution is -0.132. The van der Waals surface area contributed by atoms with Crippen molar-refractivity contribution in [3.63, 3.8) is 0 Å². The lowest BCUT2D eigenvalue weighted by atomic mass is 10.1. The molecule has 0 aliphatic heterocycles. The van der Waals surface area contributed by atoms with Crippen LogP contribution >= 0.6 is 12.4 Å². The molecule has 2 N–H and O–H groups in total. The van der Waals surface area contributed by atoms with Gasteiger partial charge >= 0.3 is 0 Å². The molecule has 0 radical (unpaired) electrons. The zero-order valence-corrected chi connectivity index (χ0v) is 10.5. The molecule has 1 amide bonds. The van der Waals surface area contributed by atoms with E-state index in [0.717, 1.165) is 5.56 Å². The maximum atomic E-state index is 11.9. The number of carbonyl (C=O) groups is 1. The van der Waals surface area contributed by atoms with Crippen molar-refractivity contribution in [3.8, 4) is 0 Å². The van der Waals surface area contributed by atoms with Crippen molar-refractivity contribution in [3.05, 3.63) is 35.9 Å². The molecule has 90 valence electrons. The normalized spacial score (nSPS) is 11.4. The fourth-order valence-electron chi connectivity index (χ4n) is 1.53. The van der Waals surface area contributed by atoms with Crippen LogP contribution < -0.4 is 5.73 Å². The summed E-state index contributed by atoms with van der Waals surface area (Å²) in [5.74, 6) is -0.00815. The maximum absolute atomic E-state index is 11.9. The van der Waals surface area contributed by atoms with E-state index in [4.69, 9.17) is 5.73 Å². The number of rotatable bonds is 4. The molecule has 0 heterocycles. The Hall–Kier alpha value is -1.06. The van der Waals surface area contributed by atoms with Crippen LogP contribution in [0.4, 0.5) is 0 Å². The molecule has 0 saturated carbocycles. The average molecular weight is 243 g/mol. The quantitative estimate of drug-likeness (QED) is 0.878. The summed E-state index contributed by atoms with van der Waals surface area (Å²) in [6.07, 6.45) is 0. The standard InChI is InChI=1S/C12H18N2O.ClH/c1-3-14(4-2)12(15)11(13)10-8-6-5-7-9-10;/h5-9,11H,3-4,13H2,1-2H3;1H/t11-;/m0./s1. The van der Waals surface area contributed by atoms with Gasteiger partial charge in [-0.1, -0.05) is 30.3 Å². The van der Waals surface area contributed by atoms with Gasteiger partial charge in [-0.15, -0.1) is 12.4 Å². The molecule has 1 aromatic carbocycles. The monoisotopic (exact) mass is 242 g/mol. The molecule has 3 nitrogen and oxygen atoms in total. The third-order valence-electron chi connectivity index (χ3n) is 2.50. The van der Waals surface area contributed by atoms with Gasteiger partial charge in [-0.2, -0.15) is 0 Å². The Morgan fingerprint density at radius 3 is 2.19 bits per heavy atom. The first kappa shape index (κ1) is 14.9. The highest BCUT2D eigenvalue weighted by Crippen LogP contribution is 2.12. The van der Waals surface area contributed by atoms with Crippen molar-refractivity contribution in [1.29, 1.82) is 0 Å². The molecule has 4 heteroatoms. The van der Waals surface area contributed by atoms with E-state index < -0.39 is 6.04 Å². The Morgan fingerprint density at radius 2 is 1.75 bits per heavy atom. The summed E-state index contributed by atoms with van der Waals surface area (Å²) >= 11 is 0. The Kier molecular flexibility index (Phi) is 6.77. The fraction of sp³-hybridized carbons (Fsp3) is 0.417. The second-order valence-corrected chi connectivity index (χ2v) is 3.40. The molecule has 0 unspecified atom stereocenters. The molecule has 0 spiro atoms. The molecule has 0 saturated heterocycles. The minimum Gasteiger partial charge on any atom is -0.342 e. The van der Waals surface area contributed by atoms with Gasteiger partial charge in [0.15, 0.2) is 0 Å². The van der Waals surface area contributed by atoms with Gasteiger partial charge in [0.1, 0.15) is 6.04 Å². The third kappa shape index (κ3) is 3.51. The second-order valence-electron chi connectivity index (χ2n) is 3.40. The molecule has 0 aromatic heterocycles. The minimum absolute atomic E-state index is 0. The number of likely N-dealkylation sites (N-methyl/N-ethyl adjacent to an activating group) is 1. The van der Waals surface area contributed by atoms with Crippen LogP contribution in [0.25, 0.3) is 0 Å². The summed E-state index contributed by atoms with van der Waals surface area (Å²) in [5, 5.41) is 0. The number of hydrogen-bond donors (Lipinski definition) is 1. The Morgan fingerprint density at radius 1 is 1.25 bits per heavy atom. The number of hydrogen-bond acceptors (Lipinski definition) is 2. The topological polar surface area (TPSA) is 46.3 Å². The molecule has 0 aliphatic rings. The van der Waals surface area contributed by atoms with Gasteiger partial charge in [0.2, 0.25) is 5.91 Å². The van der Waals surface area contributed by atoms with Crippen molar-refractivity contribution >= 4 is 18.3 Å². The number of amides is 1. The van der Waals surface area contributed by atoms with Crippen LogP contribution in [0, 0.1) is 0 Å². The molecular weight excluding hydrogens is 224 g/mol. The summed E-state index contributed by atoms with van der Waals surface area (Å²) in [7, 11) is 0. The fourth-order valence-corrected chi connectivity index (χ4v) is 1.53. The Bertz CT molecular complexity index is 312. The van der Waals surface area contributed by atoms with Crippen LogP contribution in [0.15, 0.2) is 30.3 Å². The zero-order chi connectivity index (χ0) is 11.3. The van der Waals surface area contributed by atoms with Gasteiger partial charge in [-0.3, -0.25) is 4.79 Å². The number of carbonyl (C=O) groups excluding carboxylic acids is 1. The Labute approximate surface area is 103 Å². The van der Waals surface area contributed by atoms with Crippen LogP contribution in [0.3, 0.4) is 0 Å². The highest BCUT2D eigenvalue weighted by Gasteiger charge is 2.19. The first-order valence-corrected chi connectivity index (χ1v) is 5.30. The highest BCUT2D eigenvalue weighted by atomic mass is 35.5. The first-order chi connectivity index (χ1) is 7.20. The van der Waals surface area contributed by atoms with Crippen LogP contribution in [0.5, 0.6) is 0 Å². The summed E-state index contributed by atoms with van der Waals surface area (Å²) in [4.78, 5) is 13.7. The second kappa shape index (κ2) is 7.25. The summed E-state index contributed by atoms with van der Waals surface area (Å²) < 4.78 is 0. The first-order valence-electron chi connectivity index (χ1n) is 5.30. The van der Waals surface area contributed by atoms with Gasteiger partial charge in [0, 0.05) is 13.1 Å². The van der Waals surface area contributed by atoms with E-state index in [1.165, 1.54) is 0 Å². The smallest absolute Gasteiger partial charge is 0.244 e. The lowest BCUT2D eigenvalue weighted by Gasteiger charge is -2.22. The van der Waals surface area contributed by atoms with E-state index in [0.29, 0.717) is 13.1 Å². The summed E-state index contributed by atoms with van der Waals surface area (Å²) in [5.41, 5.74) is 6.77.